The topological polar surface area (TPSA) is 53.9 Å². The molecule has 1 aliphatic rings. The van der Waals surface area contributed by atoms with E-state index in [1.54, 1.807) is 7.05 Å². The Morgan fingerprint density at radius 2 is 2.12 bits per heavy atom. The quantitative estimate of drug-likeness (QED) is 0.844. The minimum absolute atomic E-state index is 0.597. The highest BCUT2D eigenvalue weighted by molar-refractivity contribution is 5.65. The van der Waals surface area contributed by atoms with Gasteiger partial charge >= 0.3 is 0 Å². The van der Waals surface area contributed by atoms with E-state index in [9.17, 15) is 0 Å². The van der Waals surface area contributed by atoms with Crippen LogP contribution in [0.2, 0.25) is 0 Å². The molecule has 86 valence electrons. The fraction of sp³-hybridized carbons (Fsp3) is 0.250. The summed E-state index contributed by atoms with van der Waals surface area (Å²) >= 11 is 0. The molecular formula is C12H13N5. The summed E-state index contributed by atoms with van der Waals surface area (Å²) in [6, 6.07) is 8.35. The summed E-state index contributed by atoms with van der Waals surface area (Å²) < 4.78 is 0. The molecular weight excluding hydrogens is 214 g/mol. The number of aromatic nitrogens is 3. The molecule has 0 bridgehead atoms. The second-order valence-electron chi connectivity index (χ2n) is 3.89. The van der Waals surface area contributed by atoms with E-state index in [0.717, 1.165) is 13.0 Å². The highest BCUT2D eigenvalue weighted by Gasteiger charge is 2.21. The maximum Gasteiger partial charge on any atom is 0.234 e. The van der Waals surface area contributed by atoms with Gasteiger partial charge in [-0.05, 0) is 18.1 Å². The number of para-hydroxylation sites is 1. The largest absolute Gasteiger partial charge is 0.357 e. The Bertz CT molecular complexity index is 540. The van der Waals surface area contributed by atoms with Crippen molar-refractivity contribution in [2.45, 2.75) is 6.42 Å². The fourth-order valence-electron chi connectivity index (χ4n) is 2.08. The van der Waals surface area contributed by atoms with Crippen LogP contribution in [0, 0.1) is 0 Å². The number of fused-ring (bicyclic) bond motifs is 1. The van der Waals surface area contributed by atoms with Crippen molar-refractivity contribution in [3.8, 4) is 0 Å². The second kappa shape index (κ2) is 4.01. The molecule has 2 heterocycles. The lowest BCUT2D eigenvalue weighted by Crippen LogP contribution is -2.17. The molecule has 0 saturated carbocycles. The lowest BCUT2D eigenvalue weighted by atomic mass is 10.2. The van der Waals surface area contributed by atoms with Gasteiger partial charge in [-0.3, -0.25) is 0 Å². The summed E-state index contributed by atoms with van der Waals surface area (Å²) in [4.78, 5) is 14.7. The van der Waals surface area contributed by atoms with Crippen LogP contribution < -0.4 is 10.2 Å². The van der Waals surface area contributed by atoms with Crippen molar-refractivity contribution < 1.29 is 0 Å². The first-order chi connectivity index (χ1) is 8.38. The first-order valence-electron chi connectivity index (χ1n) is 5.61. The lowest BCUT2D eigenvalue weighted by molar-refractivity contribution is 0.919. The lowest BCUT2D eigenvalue weighted by Gasteiger charge is -2.16. The predicted octanol–water partition coefficient (Wildman–Crippen LogP) is 1.61. The summed E-state index contributed by atoms with van der Waals surface area (Å²) in [5.74, 6) is 1.30. The zero-order chi connectivity index (χ0) is 11.7. The number of anilines is 3. The smallest absolute Gasteiger partial charge is 0.234 e. The van der Waals surface area contributed by atoms with Gasteiger partial charge in [-0.25, -0.2) is 9.97 Å². The van der Waals surface area contributed by atoms with E-state index >= 15 is 0 Å². The minimum atomic E-state index is 0.597. The van der Waals surface area contributed by atoms with E-state index in [4.69, 9.17) is 0 Å². The maximum absolute atomic E-state index is 4.36. The third-order valence-corrected chi connectivity index (χ3v) is 2.91. The molecule has 0 fully saturated rings. The van der Waals surface area contributed by atoms with Crippen LogP contribution in [0.1, 0.15) is 5.56 Å². The Balaban J connectivity index is 2.01. The van der Waals surface area contributed by atoms with Crippen LogP contribution in [0.25, 0.3) is 0 Å². The molecule has 3 rings (SSSR count). The normalized spacial score (nSPS) is 13.6. The van der Waals surface area contributed by atoms with Crippen molar-refractivity contribution in [1.82, 2.24) is 15.0 Å². The standard InChI is InChI=1S/C12H13N5/c1-13-11-14-8-15-12(16-11)17-7-6-9-4-2-3-5-10(9)17/h2-5,8H,6-7H2,1H3,(H,13,14,15,16). The maximum atomic E-state index is 4.36. The zero-order valence-electron chi connectivity index (χ0n) is 9.59. The van der Waals surface area contributed by atoms with Crippen molar-refractivity contribution in [1.29, 1.82) is 0 Å². The van der Waals surface area contributed by atoms with Crippen LogP contribution in [0.5, 0.6) is 0 Å². The van der Waals surface area contributed by atoms with Gasteiger partial charge in [-0.15, -0.1) is 0 Å². The molecule has 2 aromatic rings. The van der Waals surface area contributed by atoms with Gasteiger partial charge in [0.05, 0.1) is 0 Å². The van der Waals surface area contributed by atoms with Crippen molar-refractivity contribution in [3.63, 3.8) is 0 Å². The Hall–Kier alpha value is -2.17. The third-order valence-electron chi connectivity index (χ3n) is 2.91. The minimum Gasteiger partial charge on any atom is -0.357 e. The van der Waals surface area contributed by atoms with Crippen LogP contribution in [0.15, 0.2) is 30.6 Å². The van der Waals surface area contributed by atoms with E-state index in [-0.39, 0.29) is 0 Å². The molecule has 1 aromatic carbocycles. The van der Waals surface area contributed by atoms with Crippen LogP contribution >= 0.6 is 0 Å². The average molecular weight is 227 g/mol. The monoisotopic (exact) mass is 227 g/mol. The van der Waals surface area contributed by atoms with Gasteiger partial charge in [0.1, 0.15) is 6.33 Å². The van der Waals surface area contributed by atoms with Gasteiger partial charge in [0.15, 0.2) is 0 Å². The van der Waals surface area contributed by atoms with Gasteiger partial charge in [-0.1, -0.05) is 18.2 Å². The summed E-state index contributed by atoms with van der Waals surface area (Å²) in [5.41, 5.74) is 2.54. The molecule has 17 heavy (non-hydrogen) atoms. The van der Waals surface area contributed by atoms with Crippen LogP contribution in [-0.2, 0) is 6.42 Å². The van der Waals surface area contributed by atoms with Crippen LogP contribution in [0.3, 0.4) is 0 Å². The molecule has 0 saturated heterocycles. The molecule has 0 spiro atoms. The van der Waals surface area contributed by atoms with Gasteiger partial charge < -0.3 is 10.2 Å². The third kappa shape index (κ3) is 1.69. The fourth-order valence-corrected chi connectivity index (χ4v) is 2.08. The van der Waals surface area contributed by atoms with Gasteiger partial charge in [0.2, 0.25) is 11.9 Å². The molecule has 5 heteroatoms. The summed E-state index contributed by atoms with van der Waals surface area (Å²) in [7, 11) is 1.80. The second-order valence-corrected chi connectivity index (χ2v) is 3.89. The predicted molar refractivity (Wildman–Crippen MR) is 66.5 cm³/mol. The number of nitrogens with one attached hydrogen (secondary N) is 1. The van der Waals surface area contributed by atoms with Gasteiger partial charge in [0, 0.05) is 19.3 Å². The Labute approximate surface area is 99.5 Å². The van der Waals surface area contributed by atoms with Crippen LogP contribution in [-0.4, -0.2) is 28.5 Å². The van der Waals surface area contributed by atoms with Crippen molar-refractivity contribution >= 4 is 17.6 Å². The first kappa shape index (κ1) is 10.0. The highest BCUT2D eigenvalue weighted by Crippen LogP contribution is 2.31. The van der Waals surface area contributed by atoms with Crippen molar-refractivity contribution in [2.75, 3.05) is 23.8 Å². The Morgan fingerprint density at radius 1 is 1.24 bits per heavy atom. The summed E-state index contributed by atoms with van der Waals surface area (Å²) in [5, 5.41) is 2.93. The van der Waals surface area contributed by atoms with Crippen molar-refractivity contribution in [2.24, 2.45) is 0 Å². The first-order valence-corrected chi connectivity index (χ1v) is 5.61. The van der Waals surface area contributed by atoms with Gasteiger partial charge in [-0.2, -0.15) is 4.98 Å². The molecule has 1 aromatic heterocycles. The zero-order valence-corrected chi connectivity index (χ0v) is 9.59. The van der Waals surface area contributed by atoms with E-state index in [1.165, 1.54) is 17.6 Å². The number of hydrogen-bond acceptors (Lipinski definition) is 5. The number of benzene rings is 1. The Morgan fingerprint density at radius 3 is 3.00 bits per heavy atom. The molecule has 1 aliphatic heterocycles. The van der Waals surface area contributed by atoms with E-state index in [2.05, 4.69) is 43.4 Å². The molecule has 0 atom stereocenters. The molecule has 0 radical (unpaired) electrons. The number of hydrogen-bond donors (Lipinski definition) is 1. The van der Waals surface area contributed by atoms with Gasteiger partial charge in [0.25, 0.3) is 0 Å². The Kier molecular flexibility index (Phi) is 2.36. The van der Waals surface area contributed by atoms with E-state index in [1.807, 2.05) is 6.07 Å². The molecule has 0 amide bonds. The number of nitrogens with zero attached hydrogens (tertiary/aromatic N) is 4. The highest BCUT2D eigenvalue weighted by atomic mass is 15.3. The number of rotatable bonds is 2. The molecule has 0 aliphatic carbocycles. The summed E-state index contributed by atoms with van der Waals surface area (Å²) in [6.07, 6.45) is 2.58. The molecule has 0 unspecified atom stereocenters. The van der Waals surface area contributed by atoms with E-state index in [0.29, 0.717) is 11.9 Å². The van der Waals surface area contributed by atoms with E-state index < -0.39 is 0 Å². The SMILES string of the molecule is CNc1ncnc(N2CCc3ccccc32)n1. The van der Waals surface area contributed by atoms with Crippen molar-refractivity contribution in [3.05, 3.63) is 36.2 Å². The van der Waals surface area contributed by atoms with Crippen LogP contribution in [0.4, 0.5) is 17.6 Å². The molecule has 1 N–H and O–H groups in total. The molecule has 5 nitrogen and oxygen atoms in total. The summed E-state index contributed by atoms with van der Waals surface area (Å²) in [6.45, 7) is 0.923. The average Bonchev–Trinajstić information content (AvgIpc) is 2.82.